The van der Waals surface area contributed by atoms with Crippen molar-refractivity contribution in [3.8, 4) is 0 Å². The lowest BCUT2D eigenvalue weighted by Gasteiger charge is -2.14. The summed E-state index contributed by atoms with van der Waals surface area (Å²) in [6, 6.07) is 3.67. The molecule has 0 spiro atoms. The van der Waals surface area contributed by atoms with E-state index in [4.69, 9.17) is 9.88 Å². The van der Waals surface area contributed by atoms with Crippen LogP contribution in [0.15, 0.2) is 29.2 Å². The summed E-state index contributed by atoms with van der Waals surface area (Å²) in [7, 11) is -3.95. The van der Waals surface area contributed by atoms with Crippen LogP contribution < -0.4 is 5.14 Å². The van der Waals surface area contributed by atoms with Crippen molar-refractivity contribution >= 4 is 21.3 Å². The Morgan fingerprint density at radius 2 is 2.00 bits per heavy atom. The van der Waals surface area contributed by atoms with Crippen LogP contribution in [-0.2, 0) is 14.8 Å². The Hall–Kier alpha value is -1.77. The highest BCUT2D eigenvalue weighted by atomic mass is 32.2. The first-order valence-corrected chi connectivity index (χ1v) is 8.44. The Labute approximate surface area is 130 Å². The lowest BCUT2D eigenvalue weighted by molar-refractivity contribution is -0.385. The topological polar surface area (TPSA) is 113 Å². The van der Waals surface area contributed by atoms with Crippen LogP contribution in [0.1, 0.15) is 32.3 Å². The Kier molecular flexibility index (Phi) is 6.66. The van der Waals surface area contributed by atoms with Crippen molar-refractivity contribution in [2.45, 2.75) is 31.6 Å². The number of nitro groups is 1. The fraction of sp³-hybridized carbons (Fsp3) is 0.429. The molecule has 122 valence electrons. The molecular weight excluding hydrogens is 308 g/mol. The average Bonchev–Trinajstić information content (AvgIpc) is 2.47. The Balaban J connectivity index is 0.000000745. The Morgan fingerprint density at radius 1 is 1.36 bits per heavy atom. The predicted octanol–water partition coefficient (Wildman–Crippen LogP) is 2.46. The molecule has 22 heavy (non-hydrogen) atoms. The summed E-state index contributed by atoms with van der Waals surface area (Å²) in [6.45, 7) is 5.13. The number of nitro benzene ring substituents is 1. The van der Waals surface area contributed by atoms with E-state index < -0.39 is 14.9 Å². The molecule has 0 radical (unpaired) electrons. The molecule has 2 N–H and O–H groups in total. The zero-order valence-corrected chi connectivity index (χ0v) is 13.4. The zero-order valence-electron chi connectivity index (χ0n) is 12.6. The van der Waals surface area contributed by atoms with Gasteiger partial charge < -0.3 is 4.74 Å². The molecule has 1 aliphatic rings. The first-order chi connectivity index (χ1) is 10.3. The van der Waals surface area contributed by atoms with Crippen LogP contribution in [0.3, 0.4) is 0 Å². The summed E-state index contributed by atoms with van der Waals surface area (Å²) >= 11 is 0. The maximum Gasteiger partial charge on any atom is 0.278 e. The summed E-state index contributed by atoms with van der Waals surface area (Å²) in [5.74, 6) is 0. The average molecular weight is 328 g/mol. The standard InChI is InChI=1S/C11H12N2O5S.C3H8/c12-19(16,17)9-1-2-10(11(7-9)13(14)15)8-3-5-18-6-4-8;1-3-2/h1-3,7H,4-6H2,(H2,12,16,17);3H2,1-2H3. The molecule has 1 heterocycles. The molecule has 0 unspecified atom stereocenters. The molecule has 0 saturated carbocycles. The zero-order chi connectivity index (χ0) is 16.8. The molecule has 8 heteroatoms. The molecule has 0 bridgehead atoms. The quantitative estimate of drug-likeness (QED) is 0.676. The number of nitrogens with zero attached hydrogens (tertiary/aromatic N) is 1. The molecule has 0 aliphatic carbocycles. The fourth-order valence-corrected chi connectivity index (χ4v) is 2.42. The second-order valence-corrected chi connectivity index (χ2v) is 6.30. The van der Waals surface area contributed by atoms with Gasteiger partial charge in [0, 0.05) is 6.07 Å². The summed E-state index contributed by atoms with van der Waals surface area (Å²) in [5.41, 5.74) is 0.916. The van der Waals surface area contributed by atoms with Crippen LogP contribution in [0.4, 0.5) is 5.69 Å². The number of hydrogen-bond donors (Lipinski definition) is 1. The first-order valence-electron chi connectivity index (χ1n) is 6.89. The van der Waals surface area contributed by atoms with Crippen LogP contribution in [0.5, 0.6) is 0 Å². The monoisotopic (exact) mass is 328 g/mol. The molecule has 1 aromatic rings. The Bertz CT molecular complexity index is 668. The van der Waals surface area contributed by atoms with Crippen molar-refractivity contribution in [1.82, 2.24) is 0 Å². The summed E-state index contributed by atoms with van der Waals surface area (Å²) < 4.78 is 27.6. The van der Waals surface area contributed by atoms with Gasteiger partial charge in [-0.2, -0.15) is 0 Å². The fourth-order valence-electron chi connectivity index (χ4n) is 1.88. The number of hydrogen-bond acceptors (Lipinski definition) is 5. The SMILES string of the molecule is CCC.NS(=O)(=O)c1ccc(C2=CCOCC2)c([N+](=O)[O-])c1. The van der Waals surface area contributed by atoms with E-state index in [1.54, 1.807) is 6.08 Å². The first kappa shape index (κ1) is 18.3. The maximum atomic E-state index is 11.2. The third-order valence-electron chi connectivity index (χ3n) is 2.80. The molecule has 0 atom stereocenters. The second-order valence-electron chi connectivity index (χ2n) is 4.74. The third-order valence-corrected chi connectivity index (χ3v) is 3.71. The van der Waals surface area contributed by atoms with E-state index in [1.807, 2.05) is 0 Å². The maximum absolute atomic E-state index is 11.2. The van der Waals surface area contributed by atoms with Gasteiger partial charge in [-0.25, -0.2) is 13.6 Å². The number of nitrogens with two attached hydrogens (primary N) is 1. The van der Waals surface area contributed by atoms with Crippen LogP contribution in [-0.4, -0.2) is 26.6 Å². The van der Waals surface area contributed by atoms with E-state index in [-0.39, 0.29) is 10.6 Å². The number of sulfonamides is 1. The van der Waals surface area contributed by atoms with E-state index in [0.717, 1.165) is 11.6 Å². The highest BCUT2D eigenvalue weighted by molar-refractivity contribution is 7.89. The van der Waals surface area contributed by atoms with Gasteiger partial charge >= 0.3 is 0 Å². The minimum Gasteiger partial charge on any atom is -0.377 e. The molecule has 0 aromatic heterocycles. The third kappa shape index (κ3) is 4.90. The molecule has 1 aromatic carbocycles. The van der Waals surface area contributed by atoms with Crippen molar-refractivity contribution in [3.63, 3.8) is 0 Å². The van der Waals surface area contributed by atoms with Gasteiger partial charge in [0.15, 0.2) is 0 Å². The minimum atomic E-state index is -3.95. The van der Waals surface area contributed by atoms with E-state index >= 15 is 0 Å². The van der Waals surface area contributed by atoms with E-state index in [1.165, 1.54) is 18.6 Å². The normalized spacial score (nSPS) is 14.6. The second kappa shape index (κ2) is 8.02. The van der Waals surface area contributed by atoms with Gasteiger partial charge in [-0.1, -0.05) is 26.3 Å². The van der Waals surface area contributed by atoms with E-state index in [9.17, 15) is 18.5 Å². The molecule has 0 fully saturated rings. The van der Waals surface area contributed by atoms with Crippen molar-refractivity contribution in [2.24, 2.45) is 5.14 Å². The van der Waals surface area contributed by atoms with Gasteiger partial charge in [0.25, 0.3) is 5.69 Å². The molecule has 1 aliphatic heterocycles. The summed E-state index contributed by atoms with van der Waals surface area (Å²) in [4.78, 5) is 10.2. The summed E-state index contributed by atoms with van der Waals surface area (Å²) in [5, 5.41) is 16.0. The van der Waals surface area contributed by atoms with E-state index in [0.29, 0.717) is 25.2 Å². The van der Waals surface area contributed by atoms with Crippen LogP contribution >= 0.6 is 0 Å². The highest BCUT2D eigenvalue weighted by Crippen LogP contribution is 2.31. The van der Waals surface area contributed by atoms with Crippen LogP contribution in [0.25, 0.3) is 5.57 Å². The predicted molar refractivity (Wildman–Crippen MR) is 83.8 cm³/mol. The number of rotatable bonds is 3. The van der Waals surface area contributed by atoms with Crippen molar-refractivity contribution < 1.29 is 18.1 Å². The van der Waals surface area contributed by atoms with Crippen molar-refractivity contribution in [1.29, 1.82) is 0 Å². The molecule has 0 amide bonds. The molecule has 2 rings (SSSR count). The van der Waals surface area contributed by atoms with E-state index in [2.05, 4.69) is 13.8 Å². The van der Waals surface area contributed by atoms with Gasteiger partial charge in [0.05, 0.1) is 28.6 Å². The highest BCUT2D eigenvalue weighted by Gasteiger charge is 2.21. The van der Waals surface area contributed by atoms with Gasteiger partial charge in [0.2, 0.25) is 10.0 Å². The van der Waals surface area contributed by atoms with Gasteiger partial charge in [-0.15, -0.1) is 0 Å². The Morgan fingerprint density at radius 3 is 2.45 bits per heavy atom. The van der Waals surface area contributed by atoms with Gasteiger partial charge in [-0.05, 0) is 24.1 Å². The largest absolute Gasteiger partial charge is 0.377 e. The molecule has 0 saturated heterocycles. The number of primary sulfonamides is 1. The summed E-state index contributed by atoms with van der Waals surface area (Å²) in [6.07, 6.45) is 3.55. The number of benzene rings is 1. The number of ether oxygens (including phenoxy) is 1. The molecular formula is C14H20N2O5S. The van der Waals surface area contributed by atoms with Crippen LogP contribution in [0, 0.1) is 10.1 Å². The van der Waals surface area contributed by atoms with Crippen molar-refractivity contribution in [2.75, 3.05) is 13.2 Å². The molecule has 7 nitrogen and oxygen atoms in total. The lowest BCUT2D eigenvalue weighted by atomic mass is 10.00. The van der Waals surface area contributed by atoms with Crippen LogP contribution in [0.2, 0.25) is 0 Å². The minimum absolute atomic E-state index is 0.264. The van der Waals surface area contributed by atoms with Gasteiger partial charge in [-0.3, -0.25) is 10.1 Å². The lowest BCUT2D eigenvalue weighted by Crippen LogP contribution is -2.13. The van der Waals surface area contributed by atoms with Gasteiger partial charge in [0.1, 0.15) is 0 Å². The smallest absolute Gasteiger partial charge is 0.278 e. The van der Waals surface area contributed by atoms with Crippen molar-refractivity contribution in [3.05, 3.63) is 40.0 Å².